The lowest BCUT2D eigenvalue weighted by atomic mass is 9.95. The van der Waals surface area contributed by atoms with Gasteiger partial charge in [-0.2, -0.15) is 0 Å². The van der Waals surface area contributed by atoms with Crippen LogP contribution < -0.4 is 4.74 Å². The fourth-order valence-corrected chi connectivity index (χ4v) is 1.06. The summed E-state index contributed by atoms with van der Waals surface area (Å²) in [5.41, 5.74) is -0.726. The van der Waals surface area contributed by atoms with Gasteiger partial charge in [0.2, 0.25) is 5.88 Å². The molecule has 5 nitrogen and oxygen atoms in total. The Bertz CT molecular complexity index is 365. The largest absolute Gasteiger partial charge is 0.475 e. The van der Waals surface area contributed by atoms with Gasteiger partial charge in [0.05, 0.1) is 24.9 Å². The molecule has 0 atom stereocenters. The number of aromatic nitrogens is 2. The zero-order valence-corrected chi connectivity index (χ0v) is 10.1. The van der Waals surface area contributed by atoms with E-state index in [2.05, 4.69) is 14.7 Å². The molecule has 88 valence electrons. The van der Waals surface area contributed by atoms with E-state index in [1.165, 1.54) is 19.5 Å². The van der Waals surface area contributed by atoms with Crippen LogP contribution in [0.1, 0.15) is 13.8 Å². The number of hydrogen-bond donors (Lipinski definition) is 0. The maximum atomic E-state index is 11.3. The van der Waals surface area contributed by atoms with E-state index in [0.29, 0.717) is 11.0 Å². The first-order valence-electron chi connectivity index (χ1n) is 4.64. The van der Waals surface area contributed by atoms with Gasteiger partial charge in [-0.15, -0.1) is 0 Å². The number of hydrogen-bond acceptors (Lipinski definition) is 5. The quantitative estimate of drug-likeness (QED) is 0.755. The van der Waals surface area contributed by atoms with Crippen molar-refractivity contribution in [1.29, 1.82) is 0 Å². The molecule has 16 heavy (non-hydrogen) atoms. The normalized spacial score (nSPS) is 11.0. The lowest BCUT2D eigenvalue weighted by Crippen LogP contribution is -2.32. The molecule has 0 spiro atoms. The molecule has 0 unspecified atom stereocenters. The van der Waals surface area contributed by atoms with Gasteiger partial charge < -0.3 is 9.47 Å². The van der Waals surface area contributed by atoms with Crippen molar-refractivity contribution in [3.63, 3.8) is 0 Å². The standard InChI is InChI=1S/C10H13ClN2O3/c1-10(2,9(14)15-3)6-16-8-5-12-7(11)4-13-8/h4-5H,6H2,1-3H3. The van der Waals surface area contributed by atoms with Gasteiger partial charge in [0.1, 0.15) is 11.8 Å². The predicted molar refractivity (Wildman–Crippen MR) is 58.3 cm³/mol. The van der Waals surface area contributed by atoms with E-state index in [1.807, 2.05) is 0 Å². The molecule has 0 aliphatic rings. The molecule has 0 aromatic carbocycles. The summed E-state index contributed by atoms with van der Waals surface area (Å²) in [6.07, 6.45) is 2.78. The third kappa shape index (κ3) is 3.34. The summed E-state index contributed by atoms with van der Waals surface area (Å²) < 4.78 is 9.96. The Labute approximate surface area is 98.8 Å². The molecule has 1 rings (SSSR count). The third-order valence-corrected chi connectivity index (χ3v) is 2.11. The van der Waals surface area contributed by atoms with Crippen LogP contribution in [0.4, 0.5) is 0 Å². The smallest absolute Gasteiger partial charge is 0.314 e. The topological polar surface area (TPSA) is 61.3 Å². The fraction of sp³-hybridized carbons (Fsp3) is 0.500. The van der Waals surface area contributed by atoms with Crippen LogP contribution in [0.2, 0.25) is 5.15 Å². The van der Waals surface area contributed by atoms with Crippen molar-refractivity contribution in [2.24, 2.45) is 5.41 Å². The maximum absolute atomic E-state index is 11.3. The molecule has 0 amide bonds. The maximum Gasteiger partial charge on any atom is 0.314 e. The van der Waals surface area contributed by atoms with Gasteiger partial charge in [0.25, 0.3) is 0 Å². The molecule has 0 radical (unpaired) electrons. The molecule has 0 N–H and O–H groups in total. The van der Waals surface area contributed by atoms with Crippen LogP contribution in [0.5, 0.6) is 5.88 Å². The Balaban J connectivity index is 2.57. The van der Waals surface area contributed by atoms with Crippen molar-refractivity contribution in [2.75, 3.05) is 13.7 Å². The first kappa shape index (κ1) is 12.7. The molecule has 6 heteroatoms. The second-order valence-electron chi connectivity index (χ2n) is 3.84. The van der Waals surface area contributed by atoms with Crippen molar-refractivity contribution in [3.8, 4) is 5.88 Å². The summed E-state index contributed by atoms with van der Waals surface area (Å²) in [5, 5.41) is 0.291. The van der Waals surface area contributed by atoms with E-state index in [4.69, 9.17) is 16.3 Å². The zero-order chi connectivity index (χ0) is 12.2. The Morgan fingerprint density at radius 1 is 1.44 bits per heavy atom. The average Bonchev–Trinajstić information content (AvgIpc) is 2.27. The van der Waals surface area contributed by atoms with Crippen molar-refractivity contribution < 1.29 is 14.3 Å². The van der Waals surface area contributed by atoms with Gasteiger partial charge in [-0.25, -0.2) is 9.97 Å². The highest BCUT2D eigenvalue weighted by Gasteiger charge is 2.29. The summed E-state index contributed by atoms with van der Waals surface area (Å²) in [6.45, 7) is 3.61. The minimum atomic E-state index is -0.726. The summed E-state index contributed by atoms with van der Waals surface area (Å²) in [4.78, 5) is 19.1. The minimum Gasteiger partial charge on any atom is -0.475 e. The van der Waals surface area contributed by atoms with E-state index in [9.17, 15) is 4.79 Å². The molecule has 0 saturated carbocycles. The molecule has 1 aromatic heterocycles. The van der Waals surface area contributed by atoms with Crippen LogP contribution in [0, 0.1) is 5.41 Å². The Morgan fingerprint density at radius 3 is 2.62 bits per heavy atom. The molecule has 0 aliphatic heterocycles. The van der Waals surface area contributed by atoms with Crippen LogP contribution in [0.3, 0.4) is 0 Å². The Kier molecular flexibility index (Phi) is 4.06. The average molecular weight is 245 g/mol. The lowest BCUT2D eigenvalue weighted by Gasteiger charge is -2.20. The molecule has 1 aromatic rings. The van der Waals surface area contributed by atoms with Crippen LogP contribution in [-0.4, -0.2) is 29.7 Å². The lowest BCUT2D eigenvalue weighted by molar-refractivity contribution is -0.152. The first-order chi connectivity index (χ1) is 7.45. The SMILES string of the molecule is COC(=O)C(C)(C)COc1cnc(Cl)cn1. The summed E-state index contributed by atoms with van der Waals surface area (Å²) in [7, 11) is 1.34. The number of nitrogens with zero attached hydrogens (tertiary/aromatic N) is 2. The number of ether oxygens (including phenoxy) is 2. The van der Waals surface area contributed by atoms with Crippen molar-refractivity contribution in [1.82, 2.24) is 9.97 Å². The zero-order valence-electron chi connectivity index (χ0n) is 9.36. The molecule has 0 aliphatic carbocycles. The van der Waals surface area contributed by atoms with Crippen LogP contribution >= 0.6 is 11.6 Å². The van der Waals surface area contributed by atoms with Crippen molar-refractivity contribution >= 4 is 17.6 Å². The number of esters is 1. The number of carbonyl (C=O) groups excluding carboxylic acids is 1. The van der Waals surface area contributed by atoms with Gasteiger partial charge >= 0.3 is 5.97 Å². The van der Waals surface area contributed by atoms with Gasteiger partial charge in [-0.1, -0.05) is 11.6 Å². The van der Waals surface area contributed by atoms with Crippen molar-refractivity contribution in [3.05, 3.63) is 17.5 Å². The van der Waals surface area contributed by atoms with Crippen molar-refractivity contribution in [2.45, 2.75) is 13.8 Å². The highest BCUT2D eigenvalue weighted by Crippen LogP contribution is 2.18. The summed E-state index contributed by atoms with van der Waals surface area (Å²) in [6, 6.07) is 0. The molecule has 0 fully saturated rings. The van der Waals surface area contributed by atoms with Gasteiger partial charge in [-0.3, -0.25) is 4.79 Å². The second kappa shape index (κ2) is 5.12. The van der Waals surface area contributed by atoms with Gasteiger partial charge in [0, 0.05) is 0 Å². The number of carbonyl (C=O) groups is 1. The molecule has 0 bridgehead atoms. The van der Waals surface area contributed by atoms with E-state index in [1.54, 1.807) is 13.8 Å². The Hall–Kier alpha value is -1.36. The van der Waals surface area contributed by atoms with E-state index < -0.39 is 5.41 Å². The highest BCUT2D eigenvalue weighted by atomic mass is 35.5. The molecule has 0 saturated heterocycles. The fourth-order valence-electron chi connectivity index (χ4n) is 0.965. The minimum absolute atomic E-state index is 0.163. The van der Waals surface area contributed by atoms with Crippen LogP contribution in [-0.2, 0) is 9.53 Å². The second-order valence-corrected chi connectivity index (χ2v) is 4.23. The van der Waals surface area contributed by atoms with Gasteiger partial charge in [-0.05, 0) is 13.8 Å². The first-order valence-corrected chi connectivity index (χ1v) is 5.02. The predicted octanol–water partition coefficient (Wildman–Crippen LogP) is 1.71. The summed E-state index contributed by atoms with van der Waals surface area (Å²) >= 11 is 5.57. The van der Waals surface area contributed by atoms with E-state index in [-0.39, 0.29) is 12.6 Å². The monoisotopic (exact) mass is 244 g/mol. The highest BCUT2D eigenvalue weighted by molar-refractivity contribution is 6.29. The van der Waals surface area contributed by atoms with Gasteiger partial charge in [0.15, 0.2) is 0 Å². The molecule has 1 heterocycles. The molecular formula is C10H13ClN2O3. The Morgan fingerprint density at radius 2 is 2.12 bits per heavy atom. The van der Waals surface area contributed by atoms with Crippen LogP contribution in [0.15, 0.2) is 12.4 Å². The number of rotatable bonds is 4. The van der Waals surface area contributed by atoms with Crippen LogP contribution in [0.25, 0.3) is 0 Å². The summed E-state index contributed by atoms with van der Waals surface area (Å²) in [5.74, 6) is -0.0178. The van der Waals surface area contributed by atoms with E-state index in [0.717, 1.165) is 0 Å². The number of methoxy groups -OCH3 is 1. The number of halogens is 1. The van der Waals surface area contributed by atoms with E-state index >= 15 is 0 Å². The molecular weight excluding hydrogens is 232 g/mol. The third-order valence-electron chi connectivity index (χ3n) is 1.92.